The molecule has 16 heavy (non-hydrogen) atoms. The third-order valence-electron chi connectivity index (χ3n) is 3.94. The van der Waals surface area contributed by atoms with E-state index in [-0.39, 0.29) is 11.6 Å². The standard InChI is InChI=1S/C14H19NO/c1-14(2)10-12-8-9-15(14)16-13(12)11-6-4-3-5-7-11/h3-7,12-13H,8-10H2,1-2H3. The number of piperidine rings is 1. The highest BCUT2D eigenvalue weighted by Crippen LogP contribution is 2.46. The minimum atomic E-state index is 0.216. The molecule has 3 aliphatic heterocycles. The highest BCUT2D eigenvalue weighted by atomic mass is 16.7. The molecule has 0 saturated carbocycles. The first-order valence-corrected chi connectivity index (χ1v) is 6.16. The minimum Gasteiger partial charge on any atom is -0.290 e. The van der Waals surface area contributed by atoms with Crippen molar-refractivity contribution in [1.82, 2.24) is 5.06 Å². The Bertz CT molecular complexity index is 374. The molecule has 2 nitrogen and oxygen atoms in total. The fourth-order valence-corrected chi connectivity index (χ4v) is 3.08. The van der Waals surface area contributed by atoms with Gasteiger partial charge in [-0.05, 0) is 38.2 Å². The second kappa shape index (κ2) is 3.57. The number of hydrogen-bond donors (Lipinski definition) is 0. The predicted molar refractivity (Wildman–Crippen MR) is 63.8 cm³/mol. The van der Waals surface area contributed by atoms with E-state index in [9.17, 15) is 0 Å². The van der Waals surface area contributed by atoms with Crippen LogP contribution < -0.4 is 0 Å². The Kier molecular flexibility index (Phi) is 2.30. The lowest BCUT2D eigenvalue weighted by Crippen LogP contribution is -2.56. The SMILES string of the molecule is CC1(C)CC2CCN1OC2c1ccccc1. The largest absolute Gasteiger partial charge is 0.290 e. The fourth-order valence-electron chi connectivity index (χ4n) is 3.08. The molecule has 86 valence electrons. The molecule has 0 amide bonds. The molecule has 4 rings (SSSR count). The van der Waals surface area contributed by atoms with Crippen molar-refractivity contribution in [3.8, 4) is 0 Å². The van der Waals surface area contributed by atoms with Crippen LogP contribution in [0.1, 0.15) is 38.4 Å². The van der Waals surface area contributed by atoms with Gasteiger partial charge in [0.1, 0.15) is 6.10 Å². The Balaban J connectivity index is 1.87. The van der Waals surface area contributed by atoms with Gasteiger partial charge in [0.2, 0.25) is 0 Å². The molecule has 3 unspecified atom stereocenters. The molecule has 0 N–H and O–H groups in total. The second-order valence-electron chi connectivity index (χ2n) is 5.60. The molecule has 3 fully saturated rings. The van der Waals surface area contributed by atoms with Gasteiger partial charge in [0.05, 0.1) is 0 Å². The summed E-state index contributed by atoms with van der Waals surface area (Å²) in [5.41, 5.74) is 1.54. The normalized spacial score (nSPS) is 36.2. The van der Waals surface area contributed by atoms with Crippen LogP contribution in [0.4, 0.5) is 0 Å². The molecule has 0 aliphatic carbocycles. The monoisotopic (exact) mass is 217 g/mol. The average Bonchev–Trinajstić information content (AvgIpc) is 2.29. The molecule has 3 heterocycles. The van der Waals surface area contributed by atoms with Gasteiger partial charge in [0, 0.05) is 12.1 Å². The Morgan fingerprint density at radius 2 is 2.00 bits per heavy atom. The Hall–Kier alpha value is -0.860. The second-order valence-corrected chi connectivity index (χ2v) is 5.60. The van der Waals surface area contributed by atoms with Crippen molar-refractivity contribution < 1.29 is 4.84 Å². The van der Waals surface area contributed by atoms with Gasteiger partial charge >= 0.3 is 0 Å². The summed E-state index contributed by atoms with van der Waals surface area (Å²) in [7, 11) is 0. The van der Waals surface area contributed by atoms with E-state index in [0.717, 1.165) is 6.54 Å². The zero-order chi connectivity index (χ0) is 11.2. The topological polar surface area (TPSA) is 12.5 Å². The van der Waals surface area contributed by atoms with Crippen LogP contribution in [-0.4, -0.2) is 17.1 Å². The molecular weight excluding hydrogens is 198 g/mol. The van der Waals surface area contributed by atoms with Crippen molar-refractivity contribution in [2.24, 2.45) is 5.92 Å². The van der Waals surface area contributed by atoms with Crippen LogP contribution in [0.3, 0.4) is 0 Å². The number of hydrogen-bond acceptors (Lipinski definition) is 2. The molecule has 1 aromatic carbocycles. The van der Waals surface area contributed by atoms with Crippen molar-refractivity contribution in [3.63, 3.8) is 0 Å². The summed E-state index contributed by atoms with van der Waals surface area (Å²) in [6, 6.07) is 10.6. The van der Waals surface area contributed by atoms with E-state index in [2.05, 4.69) is 49.2 Å². The maximum atomic E-state index is 6.12. The zero-order valence-electron chi connectivity index (χ0n) is 10.0. The van der Waals surface area contributed by atoms with Crippen LogP contribution in [0.25, 0.3) is 0 Å². The van der Waals surface area contributed by atoms with Crippen molar-refractivity contribution in [3.05, 3.63) is 35.9 Å². The lowest BCUT2D eigenvalue weighted by Gasteiger charge is -2.53. The summed E-state index contributed by atoms with van der Waals surface area (Å²) in [5.74, 6) is 0.683. The molecule has 3 atom stereocenters. The summed E-state index contributed by atoms with van der Waals surface area (Å²) in [4.78, 5) is 6.12. The van der Waals surface area contributed by atoms with E-state index in [0.29, 0.717) is 5.92 Å². The summed E-state index contributed by atoms with van der Waals surface area (Å²) in [6.07, 6.45) is 2.79. The molecular formula is C14H19NO. The first-order valence-electron chi connectivity index (χ1n) is 6.16. The quantitative estimate of drug-likeness (QED) is 0.716. The summed E-state index contributed by atoms with van der Waals surface area (Å²) in [5, 5.41) is 2.19. The highest BCUT2D eigenvalue weighted by Gasteiger charge is 2.46. The van der Waals surface area contributed by atoms with Crippen molar-refractivity contribution in [2.45, 2.75) is 38.3 Å². The number of hydroxylamine groups is 2. The predicted octanol–water partition coefficient (Wildman–Crippen LogP) is 3.16. The summed E-state index contributed by atoms with van der Waals surface area (Å²) >= 11 is 0. The van der Waals surface area contributed by atoms with Gasteiger partial charge in [0.25, 0.3) is 0 Å². The van der Waals surface area contributed by atoms with E-state index in [1.54, 1.807) is 0 Å². The molecule has 3 aliphatic rings. The van der Waals surface area contributed by atoms with Crippen molar-refractivity contribution in [2.75, 3.05) is 6.54 Å². The molecule has 3 saturated heterocycles. The Labute approximate surface area is 97.2 Å². The number of benzene rings is 1. The molecule has 0 spiro atoms. The molecule has 0 aromatic heterocycles. The van der Waals surface area contributed by atoms with Gasteiger partial charge in [0.15, 0.2) is 0 Å². The van der Waals surface area contributed by atoms with Crippen molar-refractivity contribution >= 4 is 0 Å². The van der Waals surface area contributed by atoms with E-state index in [4.69, 9.17) is 4.84 Å². The van der Waals surface area contributed by atoms with Crippen LogP contribution in [0.2, 0.25) is 0 Å². The van der Waals surface area contributed by atoms with Crippen LogP contribution in [0.5, 0.6) is 0 Å². The Morgan fingerprint density at radius 1 is 1.25 bits per heavy atom. The third kappa shape index (κ3) is 1.57. The van der Waals surface area contributed by atoms with Gasteiger partial charge in [-0.15, -0.1) is 0 Å². The Morgan fingerprint density at radius 3 is 2.56 bits per heavy atom. The van der Waals surface area contributed by atoms with E-state index in [1.807, 2.05) is 0 Å². The van der Waals surface area contributed by atoms with Crippen LogP contribution in [0, 0.1) is 5.92 Å². The lowest BCUT2D eigenvalue weighted by atomic mass is 9.77. The van der Waals surface area contributed by atoms with E-state index in [1.165, 1.54) is 18.4 Å². The number of fused-ring (bicyclic) bond motifs is 3. The van der Waals surface area contributed by atoms with E-state index < -0.39 is 0 Å². The first kappa shape index (κ1) is 10.3. The van der Waals surface area contributed by atoms with Gasteiger partial charge < -0.3 is 0 Å². The zero-order valence-corrected chi connectivity index (χ0v) is 10.0. The first-order chi connectivity index (χ1) is 7.67. The molecule has 2 bridgehead atoms. The van der Waals surface area contributed by atoms with Gasteiger partial charge in [-0.2, -0.15) is 5.06 Å². The van der Waals surface area contributed by atoms with Gasteiger partial charge in [-0.1, -0.05) is 30.3 Å². The van der Waals surface area contributed by atoms with Crippen LogP contribution >= 0.6 is 0 Å². The van der Waals surface area contributed by atoms with Crippen LogP contribution in [0.15, 0.2) is 30.3 Å². The maximum absolute atomic E-state index is 6.12. The average molecular weight is 217 g/mol. The van der Waals surface area contributed by atoms with Crippen LogP contribution in [-0.2, 0) is 4.84 Å². The van der Waals surface area contributed by atoms with Crippen molar-refractivity contribution in [1.29, 1.82) is 0 Å². The number of nitrogens with zero attached hydrogens (tertiary/aromatic N) is 1. The maximum Gasteiger partial charge on any atom is 0.107 e. The number of rotatable bonds is 1. The smallest absolute Gasteiger partial charge is 0.107 e. The molecule has 2 heteroatoms. The summed E-state index contributed by atoms with van der Waals surface area (Å²) < 4.78 is 0. The third-order valence-corrected chi connectivity index (χ3v) is 3.94. The molecule has 0 radical (unpaired) electrons. The van der Waals surface area contributed by atoms with Gasteiger partial charge in [-0.25, -0.2) is 0 Å². The molecule has 1 aromatic rings. The minimum absolute atomic E-state index is 0.216. The lowest BCUT2D eigenvalue weighted by molar-refractivity contribution is -0.324. The highest BCUT2D eigenvalue weighted by molar-refractivity contribution is 5.19. The van der Waals surface area contributed by atoms with E-state index >= 15 is 0 Å². The fraction of sp³-hybridized carbons (Fsp3) is 0.571. The summed E-state index contributed by atoms with van der Waals surface area (Å²) in [6.45, 7) is 5.64. The van der Waals surface area contributed by atoms with Gasteiger partial charge in [-0.3, -0.25) is 4.84 Å².